The van der Waals surface area contributed by atoms with Gasteiger partial charge in [-0.3, -0.25) is 4.99 Å². The van der Waals surface area contributed by atoms with Crippen LogP contribution in [0.25, 0.3) is 0 Å². The first kappa shape index (κ1) is 9.19. The Labute approximate surface area is 82.9 Å². The normalized spacial score (nSPS) is 20.5. The Hall–Kier alpha value is -1.38. The molecule has 0 spiro atoms. The first-order valence-electron chi connectivity index (χ1n) is 4.74. The van der Waals surface area contributed by atoms with Crippen LogP contribution in [0.15, 0.2) is 23.2 Å². The molecule has 2 nitrogen and oxygen atoms in total. The van der Waals surface area contributed by atoms with Gasteiger partial charge in [-0.1, -0.05) is 6.07 Å². The minimum Gasteiger partial charge on any atom is -0.365 e. The molecule has 1 aliphatic heterocycles. The Kier molecular flexibility index (Phi) is 2.23. The smallest absolute Gasteiger partial charge is 0.134 e. The number of nitrogens with one attached hydrogen (secondary N) is 1. The maximum atomic E-state index is 13.5. The molecule has 74 valence electrons. The molecule has 3 heteroatoms. The molecule has 0 aromatic heterocycles. The second kappa shape index (κ2) is 3.40. The van der Waals surface area contributed by atoms with E-state index in [1.807, 2.05) is 19.9 Å². The summed E-state index contributed by atoms with van der Waals surface area (Å²) in [5.74, 6) is 0.473. The van der Waals surface area contributed by atoms with Crippen LogP contribution in [0.5, 0.6) is 0 Å². The molecule has 1 unspecified atom stereocenters. The van der Waals surface area contributed by atoms with Gasteiger partial charge in [0.1, 0.15) is 11.7 Å². The first-order valence-corrected chi connectivity index (χ1v) is 4.74. The highest BCUT2D eigenvalue weighted by molar-refractivity contribution is 6.00. The molecule has 0 saturated carbocycles. The highest BCUT2D eigenvalue weighted by Crippen LogP contribution is 2.12. The van der Waals surface area contributed by atoms with Crippen LogP contribution in [-0.4, -0.2) is 18.4 Å². The van der Waals surface area contributed by atoms with Gasteiger partial charge in [-0.15, -0.1) is 0 Å². The summed E-state index contributed by atoms with van der Waals surface area (Å²) in [7, 11) is 0. The van der Waals surface area contributed by atoms with Crippen LogP contribution in [0.3, 0.4) is 0 Å². The van der Waals surface area contributed by atoms with Gasteiger partial charge in [-0.05, 0) is 31.5 Å². The highest BCUT2D eigenvalue weighted by atomic mass is 19.1. The summed E-state index contributed by atoms with van der Waals surface area (Å²) in [6.07, 6.45) is 0. The second-order valence-corrected chi connectivity index (χ2v) is 3.72. The molecule has 0 amide bonds. The molecular weight excluding hydrogens is 179 g/mol. The fourth-order valence-electron chi connectivity index (χ4n) is 1.53. The number of nitrogens with zero attached hydrogens (tertiary/aromatic N) is 1. The zero-order chi connectivity index (χ0) is 10.1. The van der Waals surface area contributed by atoms with Crippen molar-refractivity contribution in [3.63, 3.8) is 0 Å². The molecule has 1 N–H and O–H groups in total. The van der Waals surface area contributed by atoms with E-state index in [0.29, 0.717) is 17.4 Å². The van der Waals surface area contributed by atoms with Crippen molar-refractivity contribution in [2.75, 3.05) is 6.54 Å². The number of aryl methyl sites for hydroxylation is 1. The Morgan fingerprint density at radius 3 is 2.86 bits per heavy atom. The number of benzene rings is 1. The summed E-state index contributed by atoms with van der Waals surface area (Å²) in [6, 6.07) is 5.51. The van der Waals surface area contributed by atoms with Gasteiger partial charge in [-0.2, -0.15) is 0 Å². The summed E-state index contributed by atoms with van der Waals surface area (Å²) in [5, 5.41) is 3.14. The third-order valence-corrected chi connectivity index (χ3v) is 2.29. The summed E-state index contributed by atoms with van der Waals surface area (Å²) in [6.45, 7) is 4.63. The topological polar surface area (TPSA) is 24.4 Å². The summed E-state index contributed by atoms with van der Waals surface area (Å²) >= 11 is 0. The van der Waals surface area contributed by atoms with E-state index < -0.39 is 0 Å². The van der Waals surface area contributed by atoms with Crippen molar-refractivity contribution >= 4 is 5.84 Å². The SMILES string of the molecule is Cc1ccc(C2=NCC(C)N2)c(F)c1. The molecule has 0 radical (unpaired) electrons. The fraction of sp³-hybridized carbons (Fsp3) is 0.364. The van der Waals surface area contributed by atoms with Crippen LogP contribution >= 0.6 is 0 Å². The quantitative estimate of drug-likeness (QED) is 0.721. The standard InChI is InChI=1S/C11H13FN2/c1-7-3-4-9(10(12)5-7)11-13-6-8(2)14-11/h3-5,8H,6H2,1-2H3,(H,13,14). The van der Waals surface area contributed by atoms with Crippen molar-refractivity contribution in [3.8, 4) is 0 Å². The molecular formula is C11H13FN2. The molecule has 0 fully saturated rings. The van der Waals surface area contributed by atoms with E-state index in [9.17, 15) is 4.39 Å². The zero-order valence-electron chi connectivity index (χ0n) is 8.34. The Morgan fingerprint density at radius 1 is 1.50 bits per heavy atom. The molecule has 1 aromatic carbocycles. The van der Waals surface area contributed by atoms with Crippen LogP contribution in [0.1, 0.15) is 18.1 Å². The minimum atomic E-state index is -0.203. The van der Waals surface area contributed by atoms with Crippen molar-refractivity contribution in [1.82, 2.24) is 5.32 Å². The van der Waals surface area contributed by atoms with Crippen molar-refractivity contribution in [3.05, 3.63) is 35.1 Å². The number of hydrogen-bond acceptors (Lipinski definition) is 2. The lowest BCUT2D eigenvalue weighted by molar-refractivity contribution is 0.622. The van der Waals surface area contributed by atoms with Crippen LogP contribution < -0.4 is 5.32 Å². The van der Waals surface area contributed by atoms with Gasteiger partial charge >= 0.3 is 0 Å². The molecule has 1 heterocycles. The second-order valence-electron chi connectivity index (χ2n) is 3.72. The Morgan fingerprint density at radius 2 is 2.29 bits per heavy atom. The monoisotopic (exact) mass is 192 g/mol. The first-order chi connectivity index (χ1) is 6.66. The Balaban J connectivity index is 2.33. The molecule has 0 bridgehead atoms. The van der Waals surface area contributed by atoms with E-state index in [0.717, 1.165) is 12.1 Å². The van der Waals surface area contributed by atoms with Gasteiger partial charge < -0.3 is 5.32 Å². The van der Waals surface area contributed by atoms with Crippen LogP contribution in [0.2, 0.25) is 0 Å². The molecule has 2 rings (SSSR count). The van der Waals surface area contributed by atoms with E-state index in [1.165, 1.54) is 6.07 Å². The van der Waals surface area contributed by atoms with E-state index in [4.69, 9.17) is 0 Å². The van der Waals surface area contributed by atoms with Crippen LogP contribution in [0.4, 0.5) is 4.39 Å². The number of rotatable bonds is 1. The summed E-state index contributed by atoms with van der Waals surface area (Å²) in [4.78, 5) is 4.24. The van der Waals surface area contributed by atoms with E-state index in [-0.39, 0.29) is 5.82 Å². The van der Waals surface area contributed by atoms with Gasteiger partial charge in [0, 0.05) is 6.04 Å². The van der Waals surface area contributed by atoms with E-state index in [2.05, 4.69) is 10.3 Å². The molecule has 0 saturated heterocycles. The van der Waals surface area contributed by atoms with Crippen molar-refractivity contribution in [1.29, 1.82) is 0 Å². The van der Waals surface area contributed by atoms with Gasteiger partial charge in [0.25, 0.3) is 0 Å². The predicted molar refractivity (Wildman–Crippen MR) is 55.1 cm³/mol. The molecule has 1 aromatic rings. The van der Waals surface area contributed by atoms with Gasteiger partial charge in [0.15, 0.2) is 0 Å². The predicted octanol–water partition coefficient (Wildman–Crippen LogP) is 1.87. The maximum Gasteiger partial charge on any atom is 0.134 e. The molecule has 14 heavy (non-hydrogen) atoms. The molecule has 1 aliphatic rings. The summed E-state index contributed by atoms with van der Waals surface area (Å²) < 4.78 is 13.5. The lowest BCUT2D eigenvalue weighted by atomic mass is 10.1. The Bertz CT molecular complexity index is 385. The fourth-order valence-corrected chi connectivity index (χ4v) is 1.53. The van der Waals surface area contributed by atoms with Crippen LogP contribution in [-0.2, 0) is 0 Å². The maximum absolute atomic E-state index is 13.5. The summed E-state index contributed by atoms with van der Waals surface area (Å²) in [5.41, 5.74) is 1.50. The highest BCUT2D eigenvalue weighted by Gasteiger charge is 2.16. The average molecular weight is 192 g/mol. The average Bonchev–Trinajstić information content (AvgIpc) is 2.51. The van der Waals surface area contributed by atoms with Crippen molar-refractivity contribution < 1.29 is 4.39 Å². The third kappa shape index (κ3) is 1.62. The number of hydrogen-bond donors (Lipinski definition) is 1. The molecule has 0 aliphatic carbocycles. The van der Waals surface area contributed by atoms with E-state index >= 15 is 0 Å². The third-order valence-electron chi connectivity index (χ3n) is 2.29. The largest absolute Gasteiger partial charge is 0.365 e. The van der Waals surface area contributed by atoms with Crippen LogP contribution in [0, 0.1) is 12.7 Å². The van der Waals surface area contributed by atoms with Gasteiger partial charge in [0.05, 0.1) is 12.1 Å². The zero-order valence-corrected chi connectivity index (χ0v) is 8.34. The lowest BCUT2D eigenvalue weighted by Gasteiger charge is -2.07. The minimum absolute atomic E-state index is 0.203. The van der Waals surface area contributed by atoms with Gasteiger partial charge in [-0.25, -0.2) is 4.39 Å². The number of halogens is 1. The van der Waals surface area contributed by atoms with E-state index in [1.54, 1.807) is 6.07 Å². The molecule has 1 atom stereocenters. The van der Waals surface area contributed by atoms with Crippen molar-refractivity contribution in [2.45, 2.75) is 19.9 Å². The van der Waals surface area contributed by atoms with Gasteiger partial charge in [0.2, 0.25) is 0 Å². The van der Waals surface area contributed by atoms with Crippen molar-refractivity contribution in [2.24, 2.45) is 4.99 Å². The number of amidine groups is 1. The number of aliphatic imine (C=N–C) groups is 1. The lowest BCUT2D eigenvalue weighted by Crippen LogP contribution is -2.28.